The standard InChI is InChI=1S/C21H22N4O4/c26-20(27-14-17-9-5-2-6-10-17)19(22-21-28-15-29-21)11-18-13-25(24-23-18)12-16-7-3-1-4-8-16/h1-10,13,19,21-22H,11-12,14-15H2/t19-/m0/s1. The summed E-state index contributed by atoms with van der Waals surface area (Å²) in [6.45, 7) is 1.01. The first-order valence-corrected chi connectivity index (χ1v) is 9.39. The van der Waals surface area contributed by atoms with Crippen LogP contribution in [0.3, 0.4) is 0 Å². The van der Waals surface area contributed by atoms with Gasteiger partial charge in [-0.05, 0) is 11.1 Å². The number of rotatable bonds is 9. The highest BCUT2D eigenvalue weighted by atomic mass is 16.9. The summed E-state index contributed by atoms with van der Waals surface area (Å²) < 4.78 is 17.6. The van der Waals surface area contributed by atoms with E-state index in [0.29, 0.717) is 18.7 Å². The van der Waals surface area contributed by atoms with E-state index in [-0.39, 0.29) is 13.4 Å². The molecule has 1 aliphatic heterocycles. The van der Waals surface area contributed by atoms with E-state index in [2.05, 4.69) is 15.6 Å². The zero-order valence-corrected chi connectivity index (χ0v) is 15.8. The highest BCUT2D eigenvalue weighted by Gasteiger charge is 2.29. The first-order chi connectivity index (χ1) is 14.3. The number of nitrogens with zero attached hydrogens (tertiary/aromatic N) is 3. The summed E-state index contributed by atoms with van der Waals surface area (Å²) in [6.07, 6.45) is 1.52. The van der Waals surface area contributed by atoms with Gasteiger partial charge in [0.25, 0.3) is 0 Å². The van der Waals surface area contributed by atoms with E-state index in [0.717, 1.165) is 11.1 Å². The third-order valence-corrected chi connectivity index (χ3v) is 4.47. The van der Waals surface area contributed by atoms with Crippen molar-refractivity contribution in [2.24, 2.45) is 0 Å². The minimum atomic E-state index is -0.661. The maximum absolute atomic E-state index is 12.6. The topological polar surface area (TPSA) is 87.5 Å². The van der Waals surface area contributed by atoms with Gasteiger partial charge in [-0.15, -0.1) is 5.10 Å². The van der Waals surface area contributed by atoms with E-state index in [1.54, 1.807) is 4.68 Å². The van der Waals surface area contributed by atoms with Crippen LogP contribution < -0.4 is 5.32 Å². The number of ether oxygens (including phenoxy) is 3. The van der Waals surface area contributed by atoms with Gasteiger partial charge in [-0.1, -0.05) is 65.9 Å². The fraction of sp³-hybridized carbons (Fsp3) is 0.286. The van der Waals surface area contributed by atoms with Crippen LogP contribution in [0, 0.1) is 0 Å². The quantitative estimate of drug-likeness (QED) is 0.554. The van der Waals surface area contributed by atoms with Gasteiger partial charge in [0, 0.05) is 12.6 Å². The fourth-order valence-electron chi connectivity index (χ4n) is 2.93. The highest BCUT2D eigenvalue weighted by Crippen LogP contribution is 2.10. The molecule has 2 aromatic carbocycles. The molecule has 29 heavy (non-hydrogen) atoms. The molecule has 1 saturated heterocycles. The molecule has 0 amide bonds. The van der Waals surface area contributed by atoms with E-state index in [9.17, 15) is 4.79 Å². The number of carbonyl (C=O) groups excluding carboxylic acids is 1. The van der Waals surface area contributed by atoms with Gasteiger partial charge in [-0.3, -0.25) is 10.1 Å². The second-order valence-corrected chi connectivity index (χ2v) is 6.69. The van der Waals surface area contributed by atoms with Gasteiger partial charge in [0.15, 0.2) is 6.79 Å². The molecule has 8 heteroatoms. The summed E-state index contributed by atoms with van der Waals surface area (Å²) in [5.41, 5.74) is 2.72. The lowest BCUT2D eigenvalue weighted by atomic mass is 10.1. The molecule has 1 N–H and O–H groups in total. The fourth-order valence-corrected chi connectivity index (χ4v) is 2.93. The molecule has 0 saturated carbocycles. The van der Waals surface area contributed by atoms with Crippen molar-refractivity contribution in [1.82, 2.24) is 20.3 Å². The number of hydrogen-bond donors (Lipinski definition) is 1. The summed E-state index contributed by atoms with van der Waals surface area (Å²) in [7, 11) is 0. The third-order valence-electron chi connectivity index (χ3n) is 4.47. The van der Waals surface area contributed by atoms with Gasteiger partial charge in [-0.25, -0.2) is 4.68 Å². The number of benzene rings is 2. The Hall–Kier alpha value is -3.07. The van der Waals surface area contributed by atoms with Crippen molar-refractivity contribution in [1.29, 1.82) is 0 Å². The minimum Gasteiger partial charge on any atom is -0.460 e. The Kier molecular flexibility index (Phi) is 6.25. The number of nitrogens with one attached hydrogen (secondary N) is 1. The first kappa shape index (κ1) is 19.3. The van der Waals surface area contributed by atoms with Crippen LogP contribution in [0.15, 0.2) is 66.9 Å². The Bertz CT molecular complexity index is 913. The van der Waals surface area contributed by atoms with Crippen molar-refractivity contribution in [2.75, 3.05) is 6.79 Å². The lowest BCUT2D eigenvalue weighted by Crippen LogP contribution is -2.52. The minimum absolute atomic E-state index is 0.199. The summed E-state index contributed by atoms with van der Waals surface area (Å²) in [4.78, 5) is 12.6. The van der Waals surface area contributed by atoms with Gasteiger partial charge < -0.3 is 14.2 Å². The van der Waals surface area contributed by atoms with Gasteiger partial charge in [0.1, 0.15) is 12.6 Å². The smallest absolute Gasteiger partial charge is 0.324 e. The predicted octanol–water partition coefficient (Wildman–Crippen LogP) is 1.86. The van der Waals surface area contributed by atoms with Gasteiger partial charge >= 0.3 is 5.97 Å². The lowest BCUT2D eigenvalue weighted by Gasteiger charge is -2.30. The molecule has 1 aliphatic rings. The number of hydrogen-bond acceptors (Lipinski definition) is 7. The molecule has 0 aliphatic carbocycles. The molecule has 1 atom stereocenters. The Labute approximate surface area is 168 Å². The third kappa shape index (κ3) is 5.47. The van der Waals surface area contributed by atoms with Crippen molar-refractivity contribution in [3.63, 3.8) is 0 Å². The van der Waals surface area contributed by atoms with Crippen LogP contribution >= 0.6 is 0 Å². The number of aromatic nitrogens is 3. The van der Waals surface area contributed by atoms with Crippen LogP contribution in [0.5, 0.6) is 0 Å². The zero-order chi connectivity index (χ0) is 19.9. The van der Waals surface area contributed by atoms with E-state index in [1.165, 1.54) is 0 Å². The summed E-state index contributed by atoms with van der Waals surface area (Å²) in [5, 5.41) is 11.3. The average molecular weight is 394 g/mol. The van der Waals surface area contributed by atoms with Crippen LogP contribution in [-0.2, 0) is 38.6 Å². The normalized spacial score (nSPS) is 14.9. The largest absolute Gasteiger partial charge is 0.460 e. The molecule has 0 radical (unpaired) electrons. The first-order valence-electron chi connectivity index (χ1n) is 9.39. The summed E-state index contributed by atoms with van der Waals surface area (Å²) in [6, 6.07) is 18.9. The second-order valence-electron chi connectivity index (χ2n) is 6.69. The molecule has 2 heterocycles. The summed E-state index contributed by atoms with van der Waals surface area (Å²) >= 11 is 0. The SMILES string of the molecule is O=C(OCc1ccccc1)[C@H](Cc1cn(Cc2ccccc2)nn1)NC1OCO1. The van der Waals surface area contributed by atoms with Crippen molar-refractivity contribution in [3.8, 4) is 0 Å². The Balaban J connectivity index is 1.38. The van der Waals surface area contributed by atoms with E-state index < -0.39 is 18.4 Å². The molecule has 1 aromatic heterocycles. The molecule has 150 valence electrons. The van der Waals surface area contributed by atoms with Crippen LogP contribution in [0.4, 0.5) is 0 Å². The maximum atomic E-state index is 12.6. The maximum Gasteiger partial charge on any atom is 0.324 e. The van der Waals surface area contributed by atoms with Gasteiger partial charge in [-0.2, -0.15) is 0 Å². The molecule has 3 aromatic rings. The van der Waals surface area contributed by atoms with Gasteiger partial charge in [0.2, 0.25) is 6.41 Å². The van der Waals surface area contributed by atoms with Crippen molar-refractivity contribution >= 4 is 5.97 Å². The van der Waals surface area contributed by atoms with Crippen molar-refractivity contribution < 1.29 is 19.0 Å². The molecular weight excluding hydrogens is 372 g/mol. The van der Waals surface area contributed by atoms with E-state index >= 15 is 0 Å². The van der Waals surface area contributed by atoms with Crippen LogP contribution in [0.25, 0.3) is 0 Å². The monoisotopic (exact) mass is 394 g/mol. The molecule has 0 unspecified atom stereocenters. The second kappa shape index (κ2) is 9.42. The Morgan fingerprint density at radius 2 is 1.79 bits per heavy atom. The molecule has 0 bridgehead atoms. The van der Waals surface area contributed by atoms with Crippen molar-refractivity contribution in [2.45, 2.75) is 32.0 Å². The van der Waals surface area contributed by atoms with Crippen LogP contribution in [0.1, 0.15) is 16.8 Å². The Morgan fingerprint density at radius 1 is 1.10 bits per heavy atom. The van der Waals surface area contributed by atoms with Crippen LogP contribution in [-0.4, -0.2) is 40.2 Å². The molecule has 4 rings (SSSR count). The highest BCUT2D eigenvalue weighted by molar-refractivity contribution is 5.76. The average Bonchev–Trinajstić information content (AvgIpc) is 3.16. The molecule has 8 nitrogen and oxygen atoms in total. The van der Waals surface area contributed by atoms with Crippen LogP contribution in [0.2, 0.25) is 0 Å². The predicted molar refractivity (Wildman–Crippen MR) is 103 cm³/mol. The molecule has 1 fully saturated rings. The number of carbonyl (C=O) groups is 1. The van der Waals surface area contributed by atoms with E-state index in [1.807, 2.05) is 66.9 Å². The number of esters is 1. The van der Waals surface area contributed by atoms with Gasteiger partial charge in [0.05, 0.1) is 12.2 Å². The molecular formula is C21H22N4O4. The van der Waals surface area contributed by atoms with Crippen molar-refractivity contribution in [3.05, 3.63) is 83.7 Å². The molecule has 0 spiro atoms. The lowest BCUT2D eigenvalue weighted by molar-refractivity contribution is -0.335. The summed E-state index contributed by atoms with van der Waals surface area (Å²) in [5.74, 6) is -0.398. The zero-order valence-electron chi connectivity index (χ0n) is 15.8. The Morgan fingerprint density at radius 3 is 2.45 bits per heavy atom. The van der Waals surface area contributed by atoms with E-state index in [4.69, 9.17) is 14.2 Å².